The summed E-state index contributed by atoms with van der Waals surface area (Å²) in [4.78, 5) is 0. The van der Waals surface area contributed by atoms with Crippen molar-refractivity contribution < 1.29 is 4.39 Å². The number of rotatable bonds is 5. The molecule has 0 amide bonds. The molecule has 104 valence electrons. The molecule has 1 atom stereocenters. The Morgan fingerprint density at radius 1 is 1.53 bits per heavy atom. The van der Waals surface area contributed by atoms with E-state index in [-0.39, 0.29) is 5.82 Å². The van der Waals surface area contributed by atoms with Crippen LogP contribution in [0.3, 0.4) is 0 Å². The van der Waals surface area contributed by atoms with E-state index in [4.69, 9.17) is 11.6 Å². The molecule has 3 nitrogen and oxygen atoms in total. The van der Waals surface area contributed by atoms with Gasteiger partial charge in [-0.2, -0.15) is 0 Å². The van der Waals surface area contributed by atoms with Crippen LogP contribution in [-0.4, -0.2) is 19.1 Å². The fraction of sp³-hybridized carbons (Fsp3) is 0.429. The van der Waals surface area contributed by atoms with E-state index in [1.165, 1.54) is 6.07 Å². The molecule has 1 aliphatic heterocycles. The molecule has 1 heterocycles. The molecule has 1 aromatic rings. The minimum Gasteiger partial charge on any atom is -0.368 e. The third-order valence-electron chi connectivity index (χ3n) is 3.18. The molecule has 0 unspecified atom stereocenters. The average Bonchev–Trinajstić information content (AvgIpc) is 2.39. The van der Waals surface area contributed by atoms with Crippen LogP contribution >= 0.6 is 11.6 Å². The molecule has 0 aromatic heterocycles. The molecule has 1 fully saturated rings. The Bertz CT molecular complexity index is 444. The van der Waals surface area contributed by atoms with Crippen molar-refractivity contribution in [2.45, 2.75) is 25.4 Å². The van der Waals surface area contributed by atoms with Gasteiger partial charge >= 0.3 is 0 Å². The summed E-state index contributed by atoms with van der Waals surface area (Å²) in [5.41, 5.74) is 0.578. The third-order valence-corrected chi connectivity index (χ3v) is 3.42. The van der Waals surface area contributed by atoms with Crippen LogP contribution < -0.4 is 16.0 Å². The van der Waals surface area contributed by atoms with Gasteiger partial charge in [0.1, 0.15) is 5.82 Å². The van der Waals surface area contributed by atoms with Crippen LogP contribution in [0.2, 0.25) is 5.02 Å². The van der Waals surface area contributed by atoms with E-state index in [2.05, 4.69) is 22.5 Å². The van der Waals surface area contributed by atoms with Crippen molar-refractivity contribution in [2.24, 2.45) is 0 Å². The molecule has 1 aliphatic rings. The van der Waals surface area contributed by atoms with Crippen molar-refractivity contribution in [3.05, 3.63) is 47.0 Å². The van der Waals surface area contributed by atoms with E-state index < -0.39 is 0 Å². The monoisotopic (exact) mass is 283 g/mol. The van der Waals surface area contributed by atoms with Crippen LogP contribution in [0, 0.1) is 5.82 Å². The number of hydrogen-bond acceptors (Lipinski definition) is 3. The lowest BCUT2D eigenvalue weighted by Gasteiger charge is -2.26. The summed E-state index contributed by atoms with van der Waals surface area (Å²) in [5, 5.41) is 10.1. The topological polar surface area (TPSA) is 36.1 Å². The lowest BCUT2D eigenvalue weighted by Crippen LogP contribution is -2.44. The highest BCUT2D eigenvalue weighted by atomic mass is 35.5. The van der Waals surface area contributed by atoms with Gasteiger partial charge in [-0.3, -0.25) is 0 Å². The molecule has 0 bridgehead atoms. The van der Waals surface area contributed by atoms with Crippen LogP contribution in [0.15, 0.2) is 30.6 Å². The third kappa shape index (κ3) is 4.40. The van der Waals surface area contributed by atoms with Gasteiger partial charge in [0.15, 0.2) is 0 Å². The molecule has 1 aromatic carbocycles. The van der Waals surface area contributed by atoms with Gasteiger partial charge in [0.05, 0.1) is 5.82 Å². The van der Waals surface area contributed by atoms with Crippen molar-refractivity contribution >= 4 is 11.6 Å². The molecular formula is C14H19ClFN3. The molecule has 1 saturated heterocycles. The largest absolute Gasteiger partial charge is 0.368 e. The van der Waals surface area contributed by atoms with Crippen LogP contribution in [0.25, 0.3) is 0 Å². The smallest absolute Gasteiger partial charge is 0.129 e. The maximum absolute atomic E-state index is 13.6. The maximum atomic E-state index is 13.6. The van der Waals surface area contributed by atoms with Crippen molar-refractivity contribution in [3.8, 4) is 0 Å². The Kier molecular flexibility index (Phi) is 5.05. The highest BCUT2D eigenvalue weighted by Crippen LogP contribution is 2.14. The Balaban J connectivity index is 1.79. The minimum atomic E-state index is -0.299. The zero-order valence-corrected chi connectivity index (χ0v) is 11.6. The number of hydrogen-bond donors (Lipinski definition) is 3. The number of piperidine rings is 1. The van der Waals surface area contributed by atoms with E-state index in [0.29, 0.717) is 23.2 Å². The molecule has 19 heavy (non-hydrogen) atoms. The molecule has 2 rings (SSSR count). The molecule has 0 radical (unpaired) electrons. The van der Waals surface area contributed by atoms with E-state index in [9.17, 15) is 4.39 Å². The van der Waals surface area contributed by atoms with E-state index >= 15 is 0 Å². The summed E-state index contributed by atoms with van der Waals surface area (Å²) < 4.78 is 13.6. The van der Waals surface area contributed by atoms with Gasteiger partial charge < -0.3 is 16.0 Å². The van der Waals surface area contributed by atoms with Gasteiger partial charge in [0.25, 0.3) is 0 Å². The fourth-order valence-corrected chi connectivity index (χ4v) is 2.30. The van der Waals surface area contributed by atoms with E-state index in [1.807, 2.05) is 0 Å². The quantitative estimate of drug-likeness (QED) is 0.777. The highest BCUT2D eigenvalue weighted by Gasteiger charge is 2.12. The fourth-order valence-electron chi connectivity index (χ4n) is 2.14. The van der Waals surface area contributed by atoms with Gasteiger partial charge in [-0.05, 0) is 31.5 Å². The highest BCUT2D eigenvalue weighted by molar-refractivity contribution is 6.30. The summed E-state index contributed by atoms with van der Waals surface area (Å²) in [6, 6.07) is 5.08. The Labute approximate surface area is 118 Å². The van der Waals surface area contributed by atoms with Gasteiger partial charge in [0, 0.05) is 29.7 Å². The Hall–Kier alpha value is -1.26. The lowest BCUT2D eigenvalue weighted by molar-refractivity contribution is 0.405. The summed E-state index contributed by atoms with van der Waals surface area (Å²) >= 11 is 5.71. The Morgan fingerprint density at radius 2 is 2.37 bits per heavy atom. The number of halogens is 2. The van der Waals surface area contributed by atoms with Crippen molar-refractivity contribution in [1.29, 1.82) is 0 Å². The van der Waals surface area contributed by atoms with Crippen LogP contribution in [0.5, 0.6) is 0 Å². The zero-order valence-electron chi connectivity index (χ0n) is 10.8. The SMILES string of the molecule is C=C(NCc1ccc(Cl)cc1F)N[C@@H]1CCCNC1. The lowest BCUT2D eigenvalue weighted by atomic mass is 10.1. The molecule has 0 aliphatic carbocycles. The van der Waals surface area contributed by atoms with Gasteiger partial charge in [0.2, 0.25) is 0 Å². The average molecular weight is 284 g/mol. The first-order valence-electron chi connectivity index (χ1n) is 6.49. The maximum Gasteiger partial charge on any atom is 0.129 e. The molecule has 5 heteroatoms. The van der Waals surface area contributed by atoms with Gasteiger partial charge in [-0.15, -0.1) is 0 Å². The molecule has 0 saturated carbocycles. The first kappa shape index (κ1) is 14.2. The second-order valence-corrected chi connectivity index (χ2v) is 5.19. The second kappa shape index (κ2) is 6.78. The van der Waals surface area contributed by atoms with Crippen LogP contribution in [0.4, 0.5) is 4.39 Å². The second-order valence-electron chi connectivity index (χ2n) is 4.76. The molecule has 0 spiro atoms. The predicted octanol–water partition coefficient (Wildman–Crippen LogP) is 2.38. The normalized spacial score (nSPS) is 18.9. The van der Waals surface area contributed by atoms with Crippen molar-refractivity contribution in [2.75, 3.05) is 13.1 Å². The van der Waals surface area contributed by atoms with Crippen molar-refractivity contribution in [1.82, 2.24) is 16.0 Å². The molecular weight excluding hydrogens is 265 g/mol. The summed E-state index contributed by atoms with van der Waals surface area (Å²) in [5.74, 6) is 0.426. The standard InChI is InChI=1S/C14H19ClFN3/c1-10(19-13-3-2-6-17-9-13)18-8-11-4-5-12(15)7-14(11)16/h4-5,7,13,17-19H,1-3,6,8-9H2/t13-/m1/s1. The summed E-state index contributed by atoms with van der Waals surface area (Å²) in [6.45, 7) is 6.33. The zero-order chi connectivity index (χ0) is 13.7. The first-order valence-corrected chi connectivity index (χ1v) is 6.87. The summed E-state index contributed by atoms with van der Waals surface area (Å²) in [6.07, 6.45) is 2.29. The minimum absolute atomic E-state index is 0.299. The number of benzene rings is 1. The van der Waals surface area contributed by atoms with Gasteiger partial charge in [-0.25, -0.2) is 4.39 Å². The van der Waals surface area contributed by atoms with E-state index in [0.717, 1.165) is 31.8 Å². The first-order chi connectivity index (χ1) is 9.15. The molecule has 3 N–H and O–H groups in total. The van der Waals surface area contributed by atoms with Crippen molar-refractivity contribution in [3.63, 3.8) is 0 Å². The van der Waals surface area contributed by atoms with Gasteiger partial charge in [-0.1, -0.05) is 24.2 Å². The predicted molar refractivity (Wildman–Crippen MR) is 76.4 cm³/mol. The summed E-state index contributed by atoms with van der Waals surface area (Å²) in [7, 11) is 0. The van der Waals surface area contributed by atoms with E-state index in [1.54, 1.807) is 12.1 Å². The van der Waals surface area contributed by atoms with Crippen LogP contribution in [-0.2, 0) is 6.54 Å². The Morgan fingerprint density at radius 3 is 3.05 bits per heavy atom. The van der Waals surface area contributed by atoms with Crippen LogP contribution in [0.1, 0.15) is 18.4 Å². The number of nitrogens with one attached hydrogen (secondary N) is 3.